The number of piperidine rings is 1. The summed E-state index contributed by atoms with van der Waals surface area (Å²) in [6.45, 7) is 10.7. The minimum Gasteiger partial charge on any atom is -0.507 e. The van der Waals surface area contributed by atoms with Crippen LogP contribution < -0.4 is 10.6 Å². The van der Waals surface area contributed by atoms with Crippen molar-refractivity contribution in [1.82, 2.24) is 10.3 Å². The number of benzene rings is 2. The standard InChI is InChI=1S/C27H31ClFN3O/c1-16-9-10-23(33)19(11-16)22-12-17(25-20(28)7-6-8-21(25)29)13-24(31-22)30-18-14-26(2,3)32-27(4,5)15-18/h6-13,18,32-33H,14-15H2,1-5H3,(H,30,31). The summed E-state index contributed by atoms with van der Waals surface area (Å²) in [5, 5.41) is 18.1. The van der Waals surface area contributed by atoms with Gasteiger partial charge < -0.3 is 15.7 Å². The van der Waals surface area contributed by atoms with Gasteiger partial charge >= 0.3 is 0 Å². The lowest BCUT2D eigenvalue weighted by molar-refractivity contribution is 0.170. The number of pyridine rings is 1. The van der Waals surface area contributed by atoms with E-state index in [9.17, 15) is 9.50 Å². The first-order valence-corrected chi connectivity index (χ1v) is 11.6. The van der Waals surface area contributed by atoms with E-state index in [-0.39, 0.29) is 22.9 Å². The fraction of sp³-hybridized carbons (Fsp3) is 0.370. The molecule has 1 aliphatic rings. The summed E-state index contributed by atoms with van der Waals surface area (Å²) in [6.07, 6.45) is 1.82. The third-order valence-corrected chi connectivity index (χ3v) is 6.36. The third-order valence-electron chi connectivity index (χ3n) is 6.05. The zero-order valence-corrected chi connectivity index (χ0v) is 20.5. The summed E-state index contributed by atoms with van der Waals surface area (Å²) < 4.78 is 14.8. The van der Waals surface area contributed by atoms with E-state index < -0.39 is 5.82 Å². The van der Waals surface area contributed by atoms with Crippen LogP contribution in [0.3, 0.4) is 0 Å². The van der Waals surface area contributed by atoms with Crippen molar-refractivity contribution in [2.75, 3.05) is 5.32 Å². The van der Waals surface area contributed by atoms with Gasteiger partial charge in [-0.3, -0.25) is 0 Å². The van der Waals surface area contributed by atoms with Gasteiger partial charge in [-0.2, -0.15) is 0 Å². The van der Waals surface area contributed by atoms with Crippen molar-refractivity contribution in [3.05, 3.63) is 64.9 Å². The van der Waals surface area contributed by atoms with Crippen molar-refractivity contribution in [3.63, 3.8) is 0 Å². The number of hydrogen-bond acceptors (Lipinski definition) is 4. The van der Waals surface area contributed by atoms with Gasteiger partial charge in [0.2, 0.25) is 0 Å². The first-order valence-electron chi connectivity index (χ1n) is 11.2. The quantitative estimate of drug-likeness (QED) is 0.389. The normalized spacial score (nSPS) is 17.7. The molecule has 2 heterocycles. The molecule has 3 aromatic rings. The van der Waals surface area contributed by atoms with Gasteiger partial charge in [-0.05, 0) is 89.4 Å². The molecular formula is C27H31ClFN3O. The van der Waals surface area contributed by atoms with Crippen molar-refractivity contribution < 1.29 is 9.50 Å². The fourth-order valence-electron chi connectivity index (χ4n) is 5.15. The molecule has 0 saturated carbocycles. The van der Waals surface area contributed by atoms with Gasteiger partial charge in [0.25, 0.3) is 0 Å². The maximum Gasteiger partial charge on any atom is 0.132 e. The first-order chi connectivity index (χ1) is 15.4. The zero-order valence-electron chi connectivity index (χ0n) is 19.8. The second-order valence-electron chi connectivity index (χ2n) is 10.4. The van der Waals surface area contributed by atoms with E-state index in [1.165, 1.54) is 6.07 Å². The number of phenols is 1. The highest BCUT2D eigenvalue weighted by atomic mass is 35.5. The molecule has 1 fully saturated rings. The van der Waals surface area contributed by atoms with Gasteiger partial charge in [0.1, 0.15) is 17.4 Å². The van der Waals surface area contributed by atoms with Crippen LogP contribution in [-0.4, -0.2) is 27.2 Å². The average molecular weight is 468 g/mol. The van der Waals surface area contributed by atoms with Gasteiger partial charge in [-0.1, -0.05) is 29.3 Å². The van der Waals surface area contributed by atoms with Crippen LogP contribution >= 0.6 is 11.6 Å². The van der Waals surface area contributed by atoms with Crippen molar-refractivity contribution in [3.8, 4) is 28.1 Å². The number of nitrogens with one attached hydrogen (secondary N) is 2. The Morgan fingerprint density at radius 1 is 1.06 bits per heavy atom. The average Bonchev–Trinajstić information content (AvgIpc) is 2.67. The third kappa shape index (κ3) is 5.31. The Labute approximate surface area is 200 Å². The number of anilines is 1. The number of aryl methyl sites for hydroxylation is 1. The number of aromatic hydroxyl groups is 1. The van der Waals surface area contributed by atoms with Crippen LogP contribution in [0.15, 0.2) is 48.5 Å². The highest BCUT2D eigenvalue weighted by Crippen LogP contribution is 2.38. The second-order valence-corrected chi connectivity index (χ2v) is 10.8. The van der Waals surface area contributed by atoms with E-state index in [1.54, 1.807) is 24.3 Å². The van der Waals surface area contributed by atoms with Gasteiger partial charge in [-0.15, -0.1) is 0 Å². The number of hydrogen-bond donors (Lipinski definition) is 3. The number of aromatic nitrogens is 1. The molecule has 0 bridgehead atoms. The summed E-state index contributed by atoms with van der Waals surface area (Å²) in [7, 11) is 0. The highest BCUT2D eigenvalue weighted by Gasteiger charge is 2.37. The summed E-state index contributed by atoms with van der Waals surface area (Å²) in [4.78, 5) is 4.82. The Bertz CT molecular complexity index is 1160. The minimum atomic E-state index is -0.400. The molecule has 174 valence electrons. The Hall–Kier alpha value is -2.63. The van der Waals surface area contributed by atoms with Crippen LogP contribution in [-0.2, 0) is 0 Å². The minimum absolute atomic E-state index is 0.0382. The molecule has 4 nitrogen and oxygen atoms in total. The SMILES string of the molecule is Cc1ccc(O)c(-c2cc(-c3c(F)cccc3Cl)cc(NC3CC(C)(C)NC(C)(C)C3)n2)c1. The number of nitrogens with zero attached hydrogens (tertiary/aromatic N) is 1. The van der Waals surface area contributed by atoms with Gasteiger partial charge in [0.05, 0.1) is 10.7 Å². The molecule has 0 atom stereocenters. The maximum atomic E-state index is 14.8. The van der Waals surface area contributed by atoms with Crippen molar-refractivity contribution in [2.45, 2.75) is 64.6 Å². The van der Waals surface area contributed by atoms with Crippen LogP contribution in [0.4, 0.5) is 10.2 Å². The monoisotopic (exact) mass is 467 g/mol. The molecule has 3 N–H and O–H groups in total. The zero-order chi connectivity index (χ0) is 24.0. The molecule has 6 heteroatoms. The molecule has 1 aliphatic heterocycles. The van der Waals surface area contributed by atoms with Crippen molar-refractivity contribution >= 4 is 17.4 Å². The maximum absolute atomic E-state index is 14.8. The number of rotatable bonds is 4. The molecule has 0 aliphatic carbocycles. The highest BCUT2D eigenvalue weighted by molar-refractivity contribution is 6.33. The molecular weight excluding hydrogens is 437 g/mol. The fourth-order valence-corrected chi connectivity index (χ4v) is 5.42. The summed E-state index contributed by atoms with van der Waals surface area (Å²) in [5.41, 5.74) is 3.01. The Balaban J connectivity index is 1.82. The molecule has 2 aromatic carbocycles. The van der Waals surface area contributed by atoms with Gasteiger partial charge in [0, 0.05) is 28.2 Å². The number of phenolic OH excluding ortho intramolecular Hbond substituents is 1. The van der Waals surface area contributed by atoms with Crippen LogP contribution in [0.5, 0.6) is 5.75 Å². The lowest BCUT2D eigenvalue weighted by Crippen LogP contribution is -2.60. The largest absolute Gasteiger partial charge is 0.507 e. The lowest BCUT2D eigenvalue weighted by atomic mass is 9.79. The molecule has 4 rings (SSSR count). The smallest absolute Gasteiger partial charge is 0.132 e. The topological polar surface area (TPSA) is 57.2 Å². The van der Waals surface area contributed by atoms with Crippen LogP contribution in [0, 0.1) is 12.7 Å². The predicted octanol–water partition coefficient (Wildman–Crippen LogP) is 6.94. The van der Waals surface area contributed by atoms with Crippen LogP contribution in [0.25, 0.3) is 22.4 Å². The summed E-state index contributed by atoms with van der Waals surface area (Å²) in [6, 6.07) is 13.8. The molecule has 0 unspecified atom stereocenters. The van der Waals surface area contributed by atoms with E-state index in [1.807, 2.05) is 25.1 Å². The molecule has 33 heavy (non-hydrogen) atoms. The second kappa shape index (κ2) is 8.62. The predicted molar refractivity (Wildman–Crippen MR) is 134 cm³/mol. The van der Waals surface area contributed by atoms with Gasteiger partial charge in [-0.25, -0.2) is 9.37 Å². The van der Waals surface area contributed by atoms with E-state index >= 15 is 0 Å². The summed E-state index contributed by atoms with van der Waals surface area (Å²) >= 11 is 6.40. The number of halogens is 2. The molecule has 0 radical (unpaired) electrons. The van der Waals surface area contributed by atoms with Crippen molar-refractivity contribution in [1.29, 1.82) is 0 Å². The molecule has 0 amide bonds. The Morgan fingerprint density at radius 3 is 2.42 bits per heavy atom. The summed E-state index contributed by atoms with van der Waals surface area (Å²) in [5.74, 6) is 0.351. The van der Waals surface area contributed by atoms with E-state index in [4.69, 9.17) is 16.6 Å². The Kier molecular flexibility index (Phi) is 6.14. The molecule has 1 saturated heterocycles. The van der Waals surface area contributed by atoms with Crippen LogP contribution in [0.1, 0.15) is 46.1 Å². The van der Waals surface area contributed by atoms with E-state index in [0.29, 0.717) is 33.2 Å². The first kappa shape index (κ1) is 23.5. The lowest BCUT2D eigenvalue weighted by Gasteiger charge is -2.46. The van der Waals surface area contributed by atoms with E-state index in [0.717, 1.165) is 18.4 Å². The molecule has 0 spiro atoms. The van der Waals surface area contributed by atoms with Crippen molar-refractivity contribution in [2.24, 2.45) is 0 Å². The van der Waals surface area contributed by atoms with Gasteiger partial charge in [0.15, 0.2) is 0 Å². The molecule has 1 aromatic heterocycles. The van der Waals surface area contributed by atoms with Crippen LogP contribution in [0.2, 0.25) is 5.02 Å². The van der Waals surface area contributed by atoms with E-state index in [2.05, 4.69) is 38.3 Å². The Morgan fingerprint density at radius 2 is 1.76 bits per heavy atom.